The standard InChI is InChI=1S/C15H18F3N5/c1-11(22-9-5-6-12(10-22)15(16,17)18)14-19-20-21-23(14)13-7-3-2-4-8-13/h2-4,7-8,11-12H,5-6,9-10H2,1H3/t11-,12-/m0/s1. The van der Waals surface area contributed by atoms with E-state index in [1.807, 2.05) is 42.2 Å². The van der Waals surface area contributed by atoms with Gasteiger partial charge in [0.05, 0.1) is 17.6 Å². The van der Waals surface area contributed by atoms with Gasteiger partial charge >= 0.3 is 6.18 Å². The number of piperidine rings is 1. The largest absolute Gasteiger partial charge is 0.393 e. The van der Waals surface area contributed by atoms with Gasteiger partial charge in [0, 0.05) is 6.54 Å². The number of hydrogen-bond donors (Lipinski definition) is 0. The minimum atomic E-state index is -4.15. The van der Waals surface area contributed by atoms with E-state index in [0.717, 1.165) is 5.69 Å². The molecule has 1 aliphatic rings. The van der Waals surface area contributed by atoms with E-state index in [4.69, 9.17) is 0 Å². The van der Waals surface area contributed by atoms with Crippen molar-refractivity contribution in [2.75, 3.05) is 13.1 Å². The zero-order valence-electron chi connectivity index (χ0n) is 12.7. The molecule has 0 N–H and O–H groups in total. The Balaban J connectivity index is 1.81. The van der Waals surface area contributed by atoms with Crippen LogP contribution in [0.5, 0.6) is 0 Å². The number of benzene rings is 1. The third-order valence-corrected chi connectivity index (χ3v) is 4.33. The van der Waals surface area contributed by atoms with E-state index in [9.17, 15) is 13.2 Å². The van der Waals surface area contributed by atoms with Gasteiger partial charge in [-0.15, -0.1) is 5.10 Å². The lowest BCUT2D eigenvalue weighted by Crippen LogP contribution is -2.43. The quantitative estimate of drug-likeness (QED) is 0.870. The maximum Gasteiger partial charge on any atom is 0.393 e. The van der Waals surface area contributed by atoms with Crippen LogP contribution in [0.2, 0.25) is 0 Å². The lowest BCUT2D eigenvalue weighted by Gasteiger charge is -2.36. The van der Waals surface area contributed by atoms with Crippen molar-refractivity contribution < 1.29 is 13.2 Å². The number of aromatic nitrogens is 4. The highest BCUT2D eigenvalue weighted by Crippen LogP contribution is 2.35. The molecule has 1 aliphatic heterocycles. The second kappa shape index (κ2) is 6.27. The fourth-order valence-corrected chi connectivity index (χ4v) is 3.00. The molecule has 2 atom stereocenters. The van der Waals surface area contributed by atoms with Gasteiger partial charge in [0.15, 0.2) is 5.82 Å². The fourth-order valence-electron chi connectivity index (χ4n) is 3.00. The van der Waals surface area contributed by atoms with Crippen molar-refractivity contribution in [3.63, 3.8) is 0 Å². The van der Waals surface area contributed by atoms with Crippen molar-refractivity contribution in [2.45, 2.75) is 32.0 Å². The van der Waals surface area contributed by atoms with Gasteiger partial charge in [0.25, 0.3) is 0 Å². The van der Waals surface area contributed by atoms with Crippen LogP contribution in [-0.4, -0.2) is 44.4 Å². The number of rotatable bonds is 3. The Morgan fingerprint density at radius 1 is 1.22 bits per heavy atom. The molecule has 0 aliphatic carbocycles. The van der Waals surface area contributed by atoms with Crippen LogP contribution in [0, 0.1) is 5.92 Å². The number of alkyl halides is 3. The highest BCUT2D eigenvalue weighted by atomic mass is 19.4. The van der Waals surface area contributed by atoms with Crippen molar-refractivity contribution in [1.82, 2.24) is 25.1 Å². The Morgan fingerprint density at radius 2 is 1.96 bits per heavy atom. The monoisotopic (exact) mass is 325 g/mol. The summed E-state index contributed by atoms with van der Waals surface area (Å²) in [4.78, 5) is 1.81. The van der Waals surface area contributed by atoms with Crippen LogP contribution >= 0.6 is 0 Å². The molecule has 0 radical (unpaired) electrons. The van der Waals surface area contributed by atoms with Gasteiger partial charge in [-0.3, -0.25) is 4.90 Å². The molecule has 2 heterocycles. The minimum Gasteiger partial charge on any atom is -0.293 e. The maximum absolute atomic E-state index is 13.0. The van der Waals surface area contributed by atoms with Gasteiger partial charge in [-0.1, -0.05) is 18.2 Å². The summed E-state index contributed by atoms with van der Waals surface area (Å²) in [6.07, 6.45) is -3.43. The van der Waals surface area contributed by atoms with Crippen molar-refractivity contribution in [3.8, 4) is 5.69 Å². The van der Waals surface area contributed by atoms with Gasteiger partial charge in [-0.25, -0.2) is 0 Å². The Hall–Kier alpha value is -1.96. The van der Waals surface area contributed by atoms with Crippen LogP contribution in [0.4, 0.5) is 13.2 Å². The lowest BCUT2D eigenvalue weighted by molar-refractivity contribution is -0.188. The van der Waals surface area contributed by atoms with Gasteiger partial charge in [-0.05, 0) is 48.9 Å². The highest BCUT2D eigenvalue weighted by Gasteiger charge is 2.43. The summed E-state index contributed by atoms with van der Waals surface area (Å²) in [5.74, 6) is -0.723. The molecule has 23 heavy (non-hydrogen) atoms. The van der Waals surface area contributed by atoms with Gasteiger partial charge < -0.3 is 0 Å². The second-order valence-corrected chi connectivity index (χ2v) is 5.84. The summed E-state index contributed by atoms with van der Waals surface area (Å²) < 4.78 is 40.6. The average molecular weight is 325 g/mol. The predicted molar refractivity (Wildman–Crippen MR) is 77.9 cm³/mol. The summed E-state index contributed by atoms with van der Waals surface area (Å²) >= 11 is 0. The number of nitrogens with zero attached hydrogens (tertiary/aromatic N) is 5. The molecule has 0 spiro atoms. The number of halogens is 3. The van der Waals surface area contributed by atoms with Crippen LogP contribution in [-0.2, 0) is 0 Å². The molecule has 1 aromatic carbocycles. The van der Waals surface area contributed by atoms with Crippen molar-refractivity contribution in [1.29, 1.82) is 0 Å². The molecule has 1 fully saturated rings. The van der Waals surface area contributed by atoms with E-state index in [1.165, 1.54) is 0 Å². The molecule has 0 unspecified atom stereocenters. The number of hydrogen-bond acceptors (Lipinski definition) is 4. The lowest BCUT2D eigenvalue weighted by atomic mass is 9.96. The van der Waals surface area contributed by atoms with E-state index >= 15 is 0 Å². The summed E-state index contributed by atoms with van der Waals surface area (Å²) in [6, 6.07) is 9.06. The van der Waals surface area contributed by atoms with Crippen LogP contribution in [0.3, 0.4) is 0 Å². The Labute approximate surface area is 132 Å². The van der Waals surface area contributed by atoms with E-state index in [-0.39, 0.29) is 19.0 Å². The zero-order chi connectivity index (χ0) is 16.4. The SMILES string of the molecule is C[C@@H](c1nnnn1-c1ccccc1)N1CCC[C@H](C(F)(F)F)C1. The first-order valence-electron chi connectivity index (χ1n) is 7.61. The third kappa shape index (κ3) is 3.36. The molecule has 0 bridgehead atoms. The van der Waals surface area contributed by atoms with Crippen LogP contribution in [0.15, 0.2) is 30.3 Å². The van der Waals surface area contributed by atoms with Crippen molar-refractivity contribution in [3.05, 3.63) is 36.2 Å². The highest BCUT2D eigenvalue weighted by molar-refractivity contribution is 5.30. The van der Waals surface area contributed by atoms with E-state index in [0.29, 0.717) is 18.8 Å². The minimum absolute atomic E-state index is 0.00762. The molecular formula is C15H18F3N5. The summed E-state index contributed by atoms with van der Waals surface area (Å²) in [5.41, 5.74) is 0.795. The normalized spacial score (nSPS) is 21.3. The first kappa shape index (κ1) is 15.9. The fraction of sp³-hybridized carbons (Fsp3) is 0.533. The molecule has 1 aromatic heterocycles. The molecule has 8 heteroatoms. The first-order chi connectivity index (χ1) is 11.0. The third-order valence-electron chi connectivity index (χ3n) is 4.33. The zero-order valence-corrected chi connectivity index (χ0v) is 12.7. The molecule has 5 nitrogen and oxygen atoms in total. The summed E-state index contributed by atoms with van der Waals surface area (Å²) in [5, 5.41) is 11.7. The molecular weight excluding hydrogens is 307 g/mol. The number of para-hydroxylation sites is 1. The molecule has 1 saturated heterocycles. The molecule has 0 saturated carbocycles. The predicted octanol–water partition coefficient (Wildman–Crippen LogP) is 3.00. The maximum atomic E-state index is 13.0. The molecule has 124 valence electrons. The Bertz CT molecular complexity index is 640. The van der Waals surface area contributed by atoms with E-state index in [2.05, 4.69) is 15.5 Å². The molecule has 3 rings (SSSR count). The van der Waals surface area contributed by atoms with Crippen LogP contribution in [0.1, 0.15) is 31.6 Å². The summed E-state index contributed by atoms with van der Waals surface area (Å²) in [6.45, 7) is 2.46. The topological polar surface area (TPSA) is 46.8 Å². The Kier molecular flexibility index (Phi) is 4.34. The van der Waals surface area contributed by atoms with Crippen LogP contribution in [0.25, 0.3) is 5.69 Å². The smallest absolute Gasteiger partial charge is 0.293 e. The molecule has 2 aromatic rings. The van der Waals surface area contributed by atoms with E-state index in [1.54, 1.807) is 4.68 Å². The van der Waals surface area contributed by atoms with Gasteiger partial charge in [0.2, 0.25) is 0 Å². The van der Waals surface area contributed by atoms with Gasteiger partial charge in [-0.2, -0.15) is 17.9 Å². The summed E-state index contributed by atoms with van der Waals surface area (Å²) in [7, 11) is 0. The average Bonchev–Trinajstić information content (AvgIpc) is 3.04. The first-order valence-corrected chi connectivity index (χ1v) is 7.61. The van der Waals surface area contributed by atoms with Crippen molar-refractivity contribution >= 4 is 0 Å². The van der Waals surface area contributed by atoms with Gasteiger partial charge in [0.1, 0.15) is 0 Å². The van der Waals surface area contributed by atoms with Crippen LogP contribution < -0.4 is 0 Å². The van der Waals surface area contributed by atoms with E-state index < -0.39 is 12.1 Å². The molecule has 0 amide bonds. The van der Waals surface area contributed by atoms with Crippen molar-refractivity contribution in [2.24, 2.45) is 5.92 Å². The number of tetrazole rings is 1. The number of likely N-dealkylation sites (tertiary alicyclic amines) is 1. The Morgan fingerprint density at radius 3 is 2.65 bits per heavy atom. The second-order valence-electron chi connectivity index (χ2n) is 5.84.